The van der Waals surface area contributed by atoms with Crippen molar-refractivity contribution in [1.29, 1.82) is 0 Å². The normalized spacial score (nSPS) is 10.2. The Morgan fingerprint density at radius 3 is 2.42 bits per heavy atom. The number of amides is 1. The fourth-order valence-corrected chi connectivity index (χ4v) is 2.13. The number of benzene rings is 1. The van der Waals surface area contributed by atoms with Gasteiger partial charge in [-0.3, -0.25) is 9.59 Å². The Labute approximate surface area is 146 Å². The number of nitrogens with two attached hydrogens (primary N) is 2. The van der Waals surface area contributed by atoms with Crippen molar-refractivity contribution >= 4 is 47.0 Å². The number of carbonyl (C=O) groups is 2. The lowest BCUT2D eigenvalue weighted by molar-refractivity contribution is -0.143. The molecule has 1 heterocycles. The predicted octanol–water partition coefficient (Wildman–Crippen LogP) is 0.816. The van der Waals surface area contributed by atoms with Crippen LogP contribution in [0.3, 0.4) is 0 Å². The smallest absolute Gasteiger partial charge is 0.325 e. The molecular formula is C13H12Cl2N6O3. The van der Waals surface area contributed by atoms with Gasteiger partial charge in [-0.05, 0) is 18.2 Å². The Bertz CT molecular complexity index is 766. The molecule has 0 aliphatic heterocycles. The first-order chi connectivity index (χ1) is 11.3. The van der Waals surface area contributed by atoms with Gasteiger partial charge >= 0.3 is 5.97 Å². The van der Waals surface area contributed by atoms with E-state index in [-0.39, 0.29) is 41.5 Å². The maximum Gasteiger partial charge on any atom is 0.325 e. The van der Waals surface area contributed by atoms with Crippen molar-refractivity contribution in [3.05, 3.63) is 39.6 Å². The van der Waals surface area contributed by atoms with Gasteiger partial charge in [0.05, 0.1) is 10.6 Å². The zero-order valence-corrected chi connectivity index (χ0v) is 13.6. The molecule has 0 unspecified atom stereocenters. The molecule has 2 aromatic rings. The molecule has 11 heteroatoms. The van der Waals surface area contributed by atoms with Gasteiger partial charge in [-0.1, -0.05) is 23.2 Å². The fourth-order valence-electron chi connectivity index (χ4n) is 1.64. The summed E-state index contributed by atoms with van der Waals surface area (Å²) in [5.74, 6) is -1.31. The molecule has 0 fully saturated rings. The van der Waals surface area contributed by atoms with E-state index in [0.29, 0.717) is 5.02 Å². The molecule has 1 amide bonds. The molecule has 0 aliphatic rings. The van der Waals surface area contributed by atoms with Crippen molar-refractivity contribution in [3.63, 3.8) is 0 Å². The second kappa shape index (κ2) is 7.75. The van der Waals surface area contributed by atoms with Crippen molar-refractivity contribution in [1.82, 2.24) is 20.3 Å². The molecule has 0 saturated heterocycles. The maximum atomic E-state index is 11.9. The van der Waals surface area contributed by atoms with Crippen molar-refractivity contribution in [2.24, 2.45) is 0 Å². The molecule has 0 aliphatic carbocycles. The average Bonchev–Trinajstić information content (AvgIpc) is 2.49. The number of hydrogen-bond acceptors (Lipinski definition) is 8. The summed E-state index contributed by atoms with van der Waals surface area (Å²) in [6.07, 6.45) is 0. The molecule has 0 saturated carbocycles. The lowest BCUT2D eigenvalue weighted by atomic mass is 10.2. The predicted molar refractivity (Wildman–Crippen MR) is 87.2 cm³/mol. The molecule has 1 aromatic heterocycles. The summed E-state index contributed by atoms with van der Waals surface area (Å²) < 4.78 is 4.90. The van der Waals surface area contributed by atoms with Crippen LogP contribution < -0.4 is 16.8 Å². The zero-order chi connectivity index (χ0) is 17.7. The van der Waals surface area contributed by atoms with E-state index in [2.05, 4.69) is 20.3 Å². The van der Waals surface area contributed by atoms with Gasteiger partial charge in [0.2, 0.25) is 11.9 Å². The molecule has 0 radical (unpaired) electrons. The van der Waals surface area contributed by atoms with Crippen LogP contribution >= 0.6 is 23.2 Å². The van der Waals surface area contributed by atoms with E-state index >= 15 is 0 Å². The van der Waals surface area contributed by atoms with Crippen LogP contribution in [-0.2, 0) is 16.1 Å². The number of carbonyl (C=O) groups excluding carboxylic acids is 2. The Balaban J connectivity index is 1.85. The van der Waals surface area contributed by atoms with Gasteiger partial charge in [0.15, 0.2) is 12.4 Å². The molecule has 0 spiro atoms. The van der Waals surface area contributed by atoms with Gasteiger partial charge in [-0.2, -0.15) is 15.0 Å². The van der Waals surface area contributed by atoms with E-state index in [0.717, 1.165) is 0 Å². The van der Waals surface area contributed by atoms with Crippen molar-refractivity contribution in [3.8, 4) is 0 Å². The minimum atomic E-state index is -0.703. The van der Waals surface area contributed by atoms with E-state index in [9.17, 15) is 9.59 Å². The number of rotatable bonds is 5. The topological polar surface area (TPSA) is 146 Å². The third-order valence-corrected chi connectivity index (χ3v) is 3.20. The van der Waals surface area contributed by atoms with E-state index in [1.165, 1.54) is 18.2 Å². The maximum absolute atomic E-state index is 11.9. The molecular weight excluding hydrogens is 359 g/mol. The SMILES string of the molecule is Nc1nc(N)nc(COC(=O)CNC(=O)c2ccc(Cl)cc2Cl)n1. The minimum absolute atomic E-state index is 0.0840. The Hall–Kier alpha value is -2.65. The highest BCUT2D eigenvalue weighted by molar-refractivity contribution is 6.36. The summed E-state index contributed by atoms with van der Waals surface area (Å²) in [5.41, 5.74) is 11.0. The minimum Gasteiger partial charge on any atom is -0.456 e. The van der Waals surface area contributed by atoms with Crippen LogP contribution in [0.2, 0.25) is 10.0 Å². The molecule has 1 aromatic carbocycles. The number of aromatic nitrogens is 3. The van der Waals surface area contributed by atoms with Crippen LogP contribution in [0.4, 0.5) is 11.9 Å². The average molecular weight is 371 g/mol. The molecule has 2 rings (SSSR count). The third kappa shape index (κ3) is 4.93. The van der Waals surface area contributed by atoms with Crippen molar-refractivity contribution in [2.75, 3.05) is 18.0 Å². The Kier molecular flexibility index (Phi) is 5.72. The summed E-state index contributed by atoms with van der Waals surface area (Å²) >= 11 is 11.6. The number of nitrogen functional groups attached to an aromatic ring is 2. The quantitative estimate of drug-likeness (QED) is 0.655. The molecule has 5 N–H and O–H groups in total. The van der Waals surface area contributed by atoms with Gasteiger partial charge in [0, 0.05) is 5.02 Å². The number of halogens is 2. The van der Waals surface area contributed by atoms with Crippen molar-refractivity contribution in [2.45, 2.75) is 6.61 Å². The molecule has 24 heavy (non-hydrogen) atoms. The summed E-state index contributed by atoms with van der Waals surface area (Å²) in [4.78, 5) is 34.7. The van der Waals surface area contributed by atoms with Crippen molar-refractivity contribution < 1.29 is 14.3 Å². The first kappa shape index (κ1) is 17.7. The van der Waals surface area contributed by atoms with Crippen LogP contribution in [-0.4, -0.2) is 33.4 Å². The lowest BCUT2D eigenvalue weighted by Gasteiger charge is -2.07. The van der Waals surface area contributed by atoms with Crippen LogP contribution in [0.25, 0.3) is 0 Å². The van der Waals surface area contributed by atoms with E-state index in [1.807, 2.05) is 0 Å². The number of anilines is 2. The highest BCUT2D eigenvalue weighted by Crippen LogP contribution is 2.20. The van der Waals surface area contributed by atoms with Gasteiger partial charge in [-0.25, -0.2) is 0 Å². The molecule has 9 nitrogen and oxygen atoms in total. The third-order valence-electron chi connectivity index (χ3n) is 2.65. The standard InChI is InChI=1S/C13H12Cl2N6O3/c14-6-1-2-7(8(15)3-6)11(23)18-4-10(22)24-5-9-19-12(16)21-13(17)20-9/h1-3H,4-5H2,(H,18,23)(H4,16,17,19,20,21). The van der Waals surface area contributed by atoms with Crippen LogP contribution in [0.1, 0.15) is 16.2 Å². The van der Waals surface area contributed by atoms with Gasteiger partial charge in [-0.15, -0.1) is 0 Å². The number of ether oxygens (including phenoxy) is 1. The number of nitrogens with zero attached hydrogens (tertiary/aromatic N) is 3. The zero-order valence-electron chi connectivity index (χ0n) is 12.1. The second-order valence-electron chi connectivity index (χ2n) is 4.44. The van der Waals surface area contributed by atoms with Gasteiger partial charge in [0.1, 0.15) is 6.54 Å². The number of nitrogens with one attached hydrogen (secondary N) is 1. The Morgan fingerprint density at radius 2 is 1.79 bits per heavy atom. The summed E-state index contributed by atoms with van der Waals surface area (Å²) in [7, 11) is 0. The van der Waals surface area contributed by atoms with Crippen LogP contribution in [0, 0.1) is 0 Å². The largest absolute Gasteiger partial charge is 0.456 e. The monoisotopic (exact) mass is 370 g/mol. The first-order valence-corrected chi connectivity index (χ1v) is 7.25. The Morgan fingerprint density at radius 1 is 1.12 bits per heavy atom. The van der Waals surface area contributed by atoms with Crippen LogP contribution in [0.5, 0.6) is 0 Å². The van der Waals surface area contributed by atoms with Gasteiger partial charge in [0.25, 0.3) is 5.91 Å². The fraction of sp³-hybridized carbons (Fsp3) is 0.154. The summed E-state index contributed by atoms with van der Waals surface area (Å²) in [6, 6.07) is 4.38. The molecule has 0 atom stereocenters. The lowest BCUT2D eigenvalue weighted by Crippen LogP contribution is -2.30. The number of esters is 1. The van der Waals surface area contributed by atoms with E-state index in [1.54, 1.807) is 0 Å². The van der Waals surface area contributed by atoms with E-state index in [4.69, 9.17) is 39.4 Å². The van der Waals surface area contributed by atoms with Crippen LogP contribution in [0.15, 0.2) is 18.2 Å². The molecule has 0 bridgehead atoms. The molecule has 126 valence electrons. The second-order valence-corrected chi connectivity index (χ2v) is 5.28. The first-order valence-electron chi connectivity index (χ1n) is 6.50. The number of hydrogen-bond donors (Lipinski definition) is 3. The van der Waals surface area contributed by atoms with E-state index < -0.39 is 11.9 Å². The highest BCUT2D eigenvalue weighted by Gasteiger charge is 2.13. The summed E-state index contributed by atoms with van der Waals surface area (Å²) in [6.45, 7) is -0.624. The summed E-state index contributed by atoms with van der Waals surface area (Å²) in [5, 5.41) is 2.94. The van der Waals surface area contributed by atoms with Gasteiger partial charge < -0.3 is 21.5 Å². The highest BCUT2D eigenvalue weighted by atomic mass is 35.5.